The second kappa shape index (κ2) is 2.81. The van der Waals surface area contributed by atoms with Gasteiger partial charge in [-0.3, -0.25) is 0 Å². The molecule has 0 aliphatic carbocycles. The van der Waals surface area contributed by atoms with Crippen molar-refractivity contribution in [3.8, 4) is 11.5 Å². The number of aromatic nitrogens is 5. The molecule has 0 aromatic carbocycles. The monoisotopic (exact) mass is 176 g/mol. The molecule has 2 heterocycles. The first kappa shape index (κ1) is 7.66. The van der Waals surface area contributed by atoms with Crippen molar-refractivity contribution in [2.45, 2.75) is 0 Å². The summed E-state index contributed by atoms with van der Waals surface area (Å²) in [5.74, 6) is 0.976. The first-order chi connectivity index (χ1) is 6.29. The number of nitrogens with zero attached hydrogens (tertiary/aromatic N) is 5. The van der Waals surface area contributed by atoms with E-state index in [4.69, 9.17) is 5.73 Å². The van der Waals surface area contributed by atoms with Crippen LogP contribution in [0.2, 0.25) is 0 Å². The molecule has 2 aromatic rings. The van der Waals surface area contributed by atoms with Crippen LogP contribution in [0.1, 0.15) is 0 Å². The largest absolute Gasteiger partial charge is 0.382 e. The van der Waals surface area contributed by atoms with Crippen molar-refractivity contribution < 1.29 is 0 Å². The van der Waals surface area contributed by atoms with E-state index in [2.05, 4.69) is 20.1 Å². The molecule has 13 heavy (non-hydrogen) atoms. The van der Waals surface area contributed by atoms with Crippen LogP contribution in [0.4, 0.5) is 5.82 Å². The van der Waals surface area contributed by atoms with Crippen LogP contribution in [-0.2, 0) is 7.05 Å². The predicted octanol–water partition coefficient (Wildman–Crippen LogP) is -0.146. The SMILES string of the molecule is Cn1ncnc1-c1nccnc1N. The lowest BCUT2D eigenvalue weighted by Gasteiger charge is -2.00. The molecule has 2 rings (SSSR count). The summed E-state index contributed by atoms with van der Waals surface area (Å²) in [5.41, 5.74) is 6.18. The number of rotatable bonds is 1. The number of nitrogen functional groups attached to an aromatic ring is 1. The molecule has 6 heteroatoms. The number of hydrogen-bond acceptors (Lipinski definition) is 5. The van der Waals surface area contributed by atoms with Crippen LogP contribution in [0.5, 0.6) is 0 Å². The van der Waals surface area contributed by atoms with E-state index >= 15 is 0 Å². The molecular weight excluding hydrogens is 168 g/mol. The summed E-state index contributed by atoms with van der Waals surface area (Å²) in [4.78, 5) is 12.0. The zero-order valence-electron chi connectivity index (χ0n) is 7.05. The van der Waals surface area contributed by atoms with Crippen LogP contribution in [0, 0.1) is 0 Å². The molecule has 2 N–H and O–H groups in total. The van der Waals surface area contributed by atoms with Crippen molar-refractivity contribution in [2.24, 2.45) is 7.05 Å². The van der Waals surface area contributed by atoms with E-state index in [1.54, 1.807) is 17.9 Å². The van der Waals surface area contributed by atoms with E-state index < -0.39 is 0 Å². The van der Waals surface area contributed by atoms with Gasteiger partial charge in [-0.25, -0.2) is 19.6 Å². The van der Waals surface area contributed by atoms with Gasteiger partial charge in [0.1, 0.15) is 12.0 Å². The van der Waals surface area contributed by atoms with Crippen molar-refractivity contribution in [1.82, 2.24) is 24.7 Å². The van der Waals surface area contributed by atoms with E-state index in [1.165, 1.54) is 12.5 Å². The third kappa shape index (κ3) is 1.22. The Kier molecular flexibility index (Phi) is 1.66. The van der Waals surface area contributed by atoms with Crippen molar-refractivity contribution in [1.29, 1.82) is 0 Å². The molecule has 0 amide bonds. The zero-order valence-corrected chi connectivity index (χ0v) is 7.05. The molecule has 0 aliphatic heterocycles. The molecule has 0 radical (unpaired) electrons. The Bertz CT molecular complexity index is 420. The van der Waals surface area contributed by atoms with E-state index in [0.29, 0.717) is 17.3 Å². The summed E-state index contributed by atoms with van der Waals surface area (Å²) in [6.45, 7) is 0. The molecule has 0 unspecified atom stereocenters. The van der Waals surface area contributed by atoms with Crippen molar-refractivity contribution in [3.05, 3.63) is 18.7 Å². The molecule has 0 fully saturated rings. The van der Waals surface area contributed by atoms with Gasteiger partial charge in [-0.05, 0) is 0 Å². The van der Waals surface area contributed by atoms with E-state index in [1.807, 2.05) is 0 Å². The zero-order chi connectivity index (χ0) is 9.26. The third-order valence-electron chi connectivity index (χ3n) is 1.65. The summed E-state index contributed by atoms with van der Waals surface area (Å²) in [6, 6.07) is 0. The third-order valence-corrected chi connectivity index (χ3v) is 1.65. The summed E-state index contributed by atoms with van der Waals surface area (Å²) >= 11 is 0. The summed E-state index contributed by atoms with van der Waals surface area (Å²) in [7, 11) is 1.77. The van der Waals surface area contributed by atoms with Crippen LogP contribution in [0.3, 0.4) is 0 Å². The number of aryl methyl sites for hydroxylation is 1. The lowest BCUT2D eigenvalue weighted by atomic mass is 10.4. The fraction of sp³-hybridized carbons (Fsp3) is 0.143. The summed E-state index contributed by atoms with van der Waals surface area (Å²) < 4.78 is 1.60. The van der Waals surface area contributed by atoms with Gasteiger partial charge in [-0.1, -0.05) is 0 Å². The van der Waals surface area contributed by atoms with E-state index in [0.717, 1.165) is 0 Å². The standard InChI is InChI=1S/C7H8N6/c1-13-7(11-4-12-13)5-6(8)10-3-2-9-5/h2-4H,1H3,(H2,8,10). The van der Waals surface area contributed by atoms with Gasteiger partial charge in [-0.2, -0.15) is 5.10 Å². The Morgan fingerprint density at radius 3 is 2.62 bits per heavy atom. The first-order valence-corrected chi connectivity index (χ1v) is 3.70. The fourth-order valence-corrected chi connectivity index (χ4v) is 1.03. The second-order valence-corrected chi connectivity index (χ2v) is 2.50. The number of anilines is 1. The smallest absolute Gasteiger partial charge is 0.180 e. The topological polar surface area (TPSA) is 82.5 Å². The Labute approximate surface area is 74.5 Å². The second-order valence-electron chi connectivity index (χ2n) is 2.50. The first-order valence-electron chi connectivity index (χ1n) is 3.70. The van der Waals surface area contributed by atoms with Gasteiger partial charge in [0.15, 0.2) is 11.6 Å². The molecular formula is C7H8N6. The Morgan fingerprint density at radius 2 is 2.00 bits per heavy atom. The highest BCUT2D eigenvalue weighted by Crippen LogP contribution is 2.16. The predicted molar refractivity (Wildman–Crippen MR) is 46.4 cm³/mol. The summed E-state index contributed by atoms with van der Waals surface area (Å²) in [5, 5.41) is 3.92. The highest BCUT2D eigenvalue weighted by molar-refractivity contribution is 5.62. The van der Waals surface area contributed by atoms with Crippen LogP contribution in [0.25, 0.3) is 11.5 Å². The quantitative estimate of drug-likeness (QED) is 0.653. The van der Waals surface area contributed by atoms with Crippen molar-refractivity contribution in [3.63, 3.8) is 0 Å². The lowest BCUT2D eigenvalue weighted by Crippen LogP contribution is -2.01. The molecule has 0 spiro atoms. The van der Waals surface area contributed by atoms with Crippen LogP contribution in [0.15, 0.2) is 18.7 Å². The van der Waals surface area contributed by atoms with Crippen LogP contribution in [-0.4, -0.2) is 24.7 Å². The van der Waals surface area contributed by atoms with Gasteiger partial charge in [0, 0.05) is 19.4 Å². The van der Waals surface area contributed by atoms with Gasteiger partial charge in [-0.15, -0.1) is 0 Å². The normalized spacial score (nSPS) is 10.2. The average Bonchev–Trinajstić information content (AvgIpc) is 2.52. The lowest BCUT2D eigenvalue weighted by molar-refractivity contribution is 0.771. The summed E-state index contributed by atoms with van der Waals surface area (Å²) in [6.07, 6.45) is 4.55. The van der Waals surface area contributed by atoms with Crippen LogP contribution < -0.4 is 5.73 Å². The minimum Gasteiger partial charge on any atom is -0.382 e. The van der Waals surface area contributed by atoms with Gasteiger partial charge in [0.2, 0.25) is 0 Å². The highest BCUT2D eigenvalue weighted by atomic mass is 15.3. The number of hydrogen-bond donors (Lipinski definition) is 1. The number of nitrogens with two attached hydrogens (primary N) is 1. The minimum atomic E-state index is 0.360. The molecule has 0 aliphatic rings. The van der Waals surface area contributed by atoms with Crippen molar-refractivity contribution in [2.75, 3.05) is 5.73 Å². The maximum Gasteiger partial charge on any atom is 0.180 e. The van der Waals surface area contributed by atoms with E-state index in [9.17, 15) is 0 Å². The maximum absolute atomic E-state index is 5.63. The average molecular weight is 176 g/mol. The molecule has 0 saturated heterocycles. The molecule has 66 valence electrons. The fourth-order valence-electron chi connectivity index (χ4n) is 1.03. The van der Waals surface area contributed by atoms with Gasteiger partial charge in [0.05, 0.1) is 0 Å². The Hall–Kier alpha value is -1.98. The van der Waals surface area contributed by atoms with E-state index in [-0.39, 0.29) is 0 Å². The molecule has 0 atom stereocenters. The Balaban J connectivity index is 2.59. The molecule has 0 bridgehead atoms. The minimum absolute atomic E-state index is 0.360. The van der Waals surface area contributed by atoms with Gasteiger partial charge < -0.3 is 5.73 Å². The maximum atomic E-state index is 5.63. The van der Waals surface area contributed by atoms with Crippen LogP contribution >= 0.6 is 0 Å². The Morgan fingerprint density at radius 1 is 1.23 bits per heavy atom. The molecule has 6 nitrogen and oxygen atoms in total. The molecule has 2 aromatic heterocycles. The highest BCUT2D eigenvalue weighted by Gasteiger charge is 2.09. The molecule has 0 saturated carbocycles. The van der Waals surface area contributed by atoms with Gasteiger partial charge in [0.25, 0.3) is 0 Å². The van der Waals surface area contributed by atoms with Crippen molar-refractivity contribution >= 4 is 5.82 Å². The van der Waals surface area contributed by atoms with Gasteiger partial charge >= 0.3 is 0 Å².